The highest BCUT2D eigenvalue weighted by molar-refractivity contribution is 6.11. The molecule has 2 aliphatic rings. The van der Waals surface area contributed by atoms with Crippen LogP contribution in [0.3, 0.4) is 0 Å². The van der Waals surface area contributed by atoms with Gasteiger partial charge < -0.3 is 4.90 Å². The highest BCUT2D eigenvalue weighted by Crippen LogP contribution is 2.44. The minimum atomic E-state index is -0.421. The average molecular weight is 461 g/mol. The maximum atomic E-state index is 13.9. The first-order valence-electron chi connectivity index (χ1n) is 11.9. The highest BCUT2D eigenvalue weighted by atomic mass is 19.1. The van der Waals surface area contributed by atoms with E-state index in [0.29, 0.717) is 22.9 Å². The lowest BCUT2D eigenvalue weighted by Gasteiger charge is -2.28. The van der Waals surface area contributed by atoms with E-state index >= 15 is 0 Å². The van der Waals surface area contributed by atoms with Gasteiger partial charge in [-0.15, -0.1) is 0 Å². The van der Waals surface area contributed by atoms with Gasteiger partial charge in [0.15, 0.2) is 0 Å². The molecule has 1 atom stereocenters. The summed E-state index contributed by atoms with van der Waals surface area (Å²) in [7, 11) is 0. The van der Waals surface area contributed by atoms with Gasteiger partial charge in [0.2, 0.25) is 0 Å². The SMILES string of the molecule is Cc1cc(F)ccc1C1c2c(CC(C)C)n[nH]c2C(=O)N1c1ccc(C(=O)N2CCCC2)cc1. The van der Waals surface area contributed by atoms with E-state index in [9.17, 15) is 14.0 Å². The molecule has 176 valence electrons. The van der Waals surface area contributed by atoms with Crippen molar-refractivity contribution in [2.75, 3.05) is 18.0 Å². The van der Waals surface area contributed by atoms with Crippen molar-refractivity contribution in [3.63, 3.8) is 0 Å². The fourth-order valence-corrected chi connectivity index (χ4v) is 5.13. The summed E-state index contributed by atoms with van der Waals surface area (Å²) in [6.45, 7) is 7.67. The Balaban J connectivity index is 1.57. The van der Waals surface area contributed by atoms with Crippen LogP contribution in [-0.2, 0) is 6.42 Å². The molecule has 0 bridgehead atoms. The topological polar surface area (TPSA) is 69.3 Å². The zero-order valence-electron chi connectivity index (χ0n) is 19.8. The fourth-order valence-electron chi connectivity index (χ4n) is 5.13. The van der Waals surface area contributed by atoms with Crippen LogP contribution >= 0.6 is 0 Å². The zero-order chi connectivity index (χ0) is 24.0. The molecule has 7 heteroatoms. The molecule has 1 N–H and O–H groups in total. The van der Waals surface area contributed by atoms with Gasteiger partial charge in [-0.3, -0.25) is 19.6 Å². The van der Waals surface area contributed by atoms with Gasteiger partial charge in [-0.1, -0.05) is 19.9 Å². The molecule has 0 spiro atoms. The van der Waals surface area contributed by atoms with Crippen molar-refractivity contribution in [3.05, 3.63) is 81.9 Å². The minimum absolute atomic E-state index is 0.0244. The van der Waals surface area contributed by atoms with E-state index in [1.807, 2.05) is 24.0 Å². The number of fused-ring (bicyclic) bond motifs is 1. The van der Waals surface area contributed by atoms with Gasteiger partial charge in [0.05, 0.1) is 11.7 Å². The van der Waals surface area contributed by atoms with Gasteiger partial charge in [0.1, 0.15) is 11.5 Å². The maximum Gasteiger partial charge on any atom is 0.277 e. The molecule has 1 aromatic heterocycles. The summed E-state index contributed by atoms with van der Waals surface area (Å²) in [5.41, 5.74) is 5.12. The van der Waals surface area contributed by atoms with Gasteiger partial charge in [-0.05, 0) is 79.6 Å². The predicted molar refractivity (Wildman–Crippen MR) is 128 cm³/mol. The summed E-state index contributed by atoms with van der Waals surface area (Å²) >= 11 is 0. The molecule has 2 amide bonds. The summed E-state index contributed by atoms with van der Waals surface area (Å²) < 4.78 is 13.9. The summed E-state index contributed by atoms with van der Waals surface area (Å²) in [6.07, 6.45) is 2.80. The third kappa shape index (κ3) is 3.79. The highest BCUT2D eigenvalue weighted by Gasteiger charge is 2.43. The third-order valence-corrected chi connectivity index (χ3v) is 6.76. The number of H-pyrrole nitrogens is 1. The van der Waals surface area contributed by atoms with E-state index in [4.69, 9.17) is 0 Å². The van der Waals surface area contributed by atoms with Crippen molar-refractivity contribution in [3.8, 4) is 0 Å². The predicted octanol–water partition coefficient (Wildman–Crippen LogP) is 5.04. The second kappa shape index (κ2) is 8.70. The molecule has 2 aliphatic heterocycles. The van der Waals surface area contributed by atoms with Crippen molar-refractivity contribution in [2.24, 2.45) is 5.92 Å². The smallest absolute Gasteiger partial charge is 0.277 e. The Bertz CT molecular complexity index is 1240. The van der Waals surface area contributed by atoms with Gasteiger partial charge in [0, 0.05) is 29.9 Å². The van der Waals surface area contributed by atoms with Crippen LogP contribution < -0.4 is 4.90 Å². The average Bonchev–Trinajstić information content (AvgIpc) is 3.53. The number of aromatic amines is 1. The number of anilines is 1. The number of nitrogens with one attached hydrogen (secondary N) is 1. The zero-order valence-corrected chi connectivity index (χ0v) is 19.8. The molecule has 1 unspecified atom stereocenters. The molecule has 3 aromatic rings. The number of carbonyl (C=O) groups is 2. The van der Waals surface area contributed by atoms with Crippen LogP contribution in [0.15, 0.2) is 42.5 Å². The number of likely N-dealkylation sites (tertiary alicyclic amines) is 1. The number of hydrogen-bond acceptors (Lipinski definition) is 3. The lowest BCUT2D eigenvalue weighted by Crippen LogP contribution is -2.30. The normalized spacial score (nSPS) is 17.7. The fraction of sp³-hybridized carbons (Fsp3) is 0.370. The second-order valence-electron chi connectivity index (χ2n) is 9.68. The molecular weight excluding hydrogens is 431 g/mol. The van der Waals surface area contributed by atoms with E-state index in [0.717, 1.165) is 54.7 Å². The van der Waals surface area contributed by atoms with Crippen molar-refractivity contribution in [1.82, 2.24) is 15.1 Å². The lowest BCUT2D eigenvalue weighted by atomic mass is 9.92. The Labute approximate surface area is 198 Å². The van der Waals surface area contributed by atoms with Crippen molar-refractivity contribution in [1.29, 1.82) is 0 Å². The summed E-state index contributed by atoms with van der Waals surface area (Å²) in [5.74, 6) is -0.0969. The van der Waals surface area contributed by atoms with Crippen LogP contribution in [0.25, 0.3) is 0 Å². The molecule has 1 fully saturated rings. The first-order valence-corrected chi connectivity index (χ1v) is 11.9. The monoisotopic (exact) mass is 460 g/mol. The molecule has 0 radical (unpaired) electrons. The molecule has 34 heavy (non-hydrogen) atoms. The Kier molecular flexibility index (Phi) is 5.71. The Hall–Kier alpha value is -3.48. The number of benzene rings is 2. The van der Waals surface area contributed by atoms with Crippen LogP contribution in [0, 0.1) is 18.7 Å². The van der Waals surface area contributed by atoms with Gasteiger partial charge in [0.25, 0.3) is 11.8 Å². The first kappa shape index (κ1) is 22.3. The lowest BCUT2D eigenvalue weighted by molar-refractivity contribution is 0.0792. The summed E-state index contributed by atoms with van der Waals surface area (Å²) in [6, 6.07) is 11.5. The number of aryl methyl sites for hydroxylation is 1. The largest absolute Gasteiger partial charge is 0.339 e. The van der Waals surface area contributed by atoms with Gasteiger partial charge >= 0.3 is 0 Å². The summed E-state index contributed by atoms with van der Waals surface area (Å²) in [4.78, 5) is 30.0. The van der Waals surface area contributed by atoms with E-state index < -0.39 is 6.04 Å². The molecule has 0 aliphatic carbocycles. The number of aromatic nitrogens is 2. The molecule has 6 nitrogen and oxygen atoms in total. The second-order valence-corrected chi connectivity index (χ2v) is 9.68. The van der Waals surface area contributed by atoms with Crippen LogP contribution in [0.4, 0.5) is 10.1 Å². The van der Waals surface area contributed by atoms with Crippen molar-refractivity contribution < 1.29 is 14.0 Å². The minimum Gasteiger partial charge on any atom is -0.339 e. The number of carbonyl (C=O) groups excluding carboxylic acids is 2. The Morgan fingerprint density at radius 1 is 1.15 bits per heavy atom. The van der Waals surface area contributed by atoms with E-state index in [1.165, 1.54) is 12.1 Å². The van der Waals surface area contributed by atoms with E-state index in [1.54, 1.807) is 23.1 Å². The number of hydrogen-bond donors (Lipinski definition) is 1. The maximum absolute atomic E-state index is 13.9. The molecule has 1 saturated heterocycles. The van der Waals surface area contributed by atoms with Crippen molar-refractivity contribution >= 4 is 17.5 Å². The third-order valence-electron chi connectivity index (χ3n) is 6.76. The first-order chi connectivity index (χ1) is 16.3. The van der Waals surface area contributed by atoms with E-state index in [2.05, 4.69) is 24.0 Å². The van der Waals surface area contributed by atoms with E-state index in [-0.39, 0.29) is 17.6 Å². The number of amides is 2. The number of rotatable bonds is 5. The van der Waals surface area contributed by atoms with Gasteiger partial charge in [-0.2, -0.15) is 5.10 Å². The Morgan fingerprint density at radius 2 is 1.85 bits per heavy atom. The standard InChI is InChI=1S/C27H29FN4O2/c1-16(2)14-22-23-24(30-29-22)27(34)32(25(23)21-11-8-19(28)15-17(21)3)20-9-6-18(7-10-20)26(33)31-12-4-5-13-31/h6-11,15-16,25H,4-5,12-14H2,1-3H3,(H,29,30). The molecule has 0 saturated carbocycles. The number of halogens is 1. The number of nitrogens with zero attached hydrogens (tertiary/aromatic N) is 3. The molecule has 3 heterocycles. The van der Waals surface area contributed by atoms with Crippen LogP contribution in [0.5, 0.6) is 0 Å². The summed E-state index contributed by atoms with van der Waals surface area (Å²) in [5, 5.41) is 7.43. The van der Waals surface area contributed by atoms with Crippen LogP contribution in [0.2, 0.25) is 0 Å². The molecule has 5 rings (SSSR count). The van der Waals surface area contributed by atoms with Gasteiger partial charge in [-0.25, -0.2) is 4.39 Å². The van der Waals surface area contributed by atoms with Crippen LogP contribution in [0.1, 0.15) is 76.0 Å². The van der Waals surface area contributed by atoms with Crippen molar-refractivity contribution in [2.45, 2.75) is 46.1 Å². The molecular formula is C27H29FN4O2. The molecule has 2 aromatic carbocycles. The Morgan fingerprint density at radius 3 is 2.50 bits per heavy atom. The quantitative estimate of drug-likeness (QED) is 0.580. The van der Waals surface area contributed by atoms with Crippen LogP contribution in [-0.4, -0.2) is 40.0 Å².